The maximum Gasteiger partial charge on any atom is 0.111 e. The molecule has 1 N–H and O–H groups in total. The van der Waals surface area contributed by atoms with Crippen molar-refractivity contribution < 1.29 is 0 Å². The van der Waals surface area contributed by atoms with Crippen molar-refractivity contribution in [2.45, 2.75) is 20.3 Å². The van der Waals surface area contributed by atoms with Gasteiger partial charge in [-0.15, -0.1) is 0 Å². The second-order valence-electron chi connectivity index (χ2n) is 5.56. The summed E-state index contributed by atoms with van der Waals surface area (Å²) < 4.78 is 0. The molecule has 0 spiro atoms. The minimum Gasteiger partial charge on any atom is -0.348 e. The summed E-state index contributed by atoms with van der Waals surface area (Å²) in [5.74, 6) is 0.992. The van der Waals surface area contributed by atoms with Crippen LogP contribution in [0.2, 0.25) is 0 Å². The van der Waals surface area contributed by atoms with Crippen molar-refractivity contribution in [3.8, 4) is 0 Å². The molecule has 0 saturated carbocycles. The number of hydrogen-bond donors (Lipinski definition) is 1. The highest BCUT2D eigenvalue weighted by Gasteiger charge is 2.01. The molecule has 3 aromatic rings. The summed E-state index contributed by atoms with van der Waals surface area (Å²) in [5, 5.41) is 0. The van der Waals surface area contributed by atoms with Crippen LogP contribution in [0.3, 0.4) is 0 Å². The predicted octanol–water partition coefficient (Wildman–Crippen LogP) is 4.79. The Morgan fingerprint density at radius 3 is 2.59 bits per heavy atom. The van der Waals surface area contributed by atoms with Gasteiger partial charge in [-0.3, -0.25) is 0 Å². The smallest absolute Gasteiger partial charge is 0.111 e. The number of rotatable bonds is 4. The highest BCUT2D eigenvalue weighted by Crippen LogP contribution is 2.16. The van der Waals surface area contributed by atoms with E-state index in [0.29, 0.717) is 0 Å². The number of nitrogens with zero attached hydrogens (tertiary/aromatic N) is 1. The van der Waals surface area contributed by atoms with Gasteiger partial charge < -0.3 is 4.98 Å². The third kappa shape index (κ3) is 3.34. The molecule has 0 aliphatic heterocycles. The number of aromatic nitrogens is 2. The lowest BCUT2D eigenvalue weighted by Crippen LogP contribution is -1.89. The largest absolute Gasteiger partial charge is 0.348 e. The first-order valence-corrected chi connectivity index (χ1v) is 7.55. The zero-order valence-corrected chi connectivity index (χ0v) is 13.0. The Bertz CT molecular complexity index is 782. The van der Waals surface area contributed by atoms with E-state index < -0.39 is 0 Å². The van der Waals surface area contributed by atoms with E-state index in [1.54, 1.807) is 0 Å². The Labute approximate surface area is 131 Å². The van der Waals surface area contributed by atoms with E-state index >= 15 is 0 Å². The predicted molar refractivity (Wildman–Crippen MR) is 92.7 cm³/mol. The van der Waals surface area contributed by atoms with Crippen LogP contribution in [0.5, 0.6) is 0 Å². The lowest BCUT2D eigenvalue weighted by atomic mass is 10.0. The number of benzene rings is 2. The van der Waals surface area contributed by atoms with E-state index in [1.807, 2.05) is 12.3 Å². The summed E-state index contributed by atoms with van der Waals surface area (Å²) in [6.07, 6.45) is 6.98. The van der Waals surface area contributed by atoms with Gasteiger partial charge in [-0.05, 0) is 42.2 Å². The number of hydrogen-bond acceptors (Lipinski definition) is 1. The molecule has 0 radical (unpaired) electrons. The molecule has 0 amide bonds. The van der Waals surface area contributed by atoms with Crippen molar-refractivity contribution >= 4 is 12.2 Å². The summed E-state index contributed by atoms with van der Waals surface area (Å²) >= 11 is 0. The normalized spacial score (nSPS) is 11.2. The number of nitrogens with one attached hydrogen (secondary N) is 1. The molecule has 2 aromatic carbocycles. The Kier molecular flexibility index (Phi) is 4.19. The molecule has 0 bridgehead atoms. The topological polar surface area (TPSA) is 28.7 Å². The molecule has 22 heavy (non-hydrogen) atoms. The van der Waals surface area contributed by atoms with Gasteiger partial charge in [0.2, 0.25) is 0 Å². The first-order chi connectivity index (χ1) is 10.7. The fourth-order valence-corrected chi connectivity index (χ4v) is 2.47. The van der Waals surface area contributed by atoms with E-state index in [1.165, 1.54) is 22.3 Å². The maximum absolute atomic E-state index is 4.63. The monoisotopic (exact) mass is 288 g/mol. The lowest BCUT2D eigenvalue weighted by Gasteiger charge is -2.03. The minimum absolute atomic E-state index is 0.832. The Hall–Kier alpha value is -2.61. The molecule has 0 aliphatic carbocycles. The Morgan fingerprint density at radius 2 is 1.77 bits per heavy atom. The summed E-state index contributed by atoms with van der Waals surface area (Å²) in [4.78, 5) is 7.88. The SMILES string of the molecule is Cc1cccc(C=Cc2c[nH]c(Cc3ccccc3)n2)c1C. The average molecular weight is 288 g/mol. The van der Waals surface area contributed by atoms with E-state index in [9.17, 15) is 0 Å². The molecular formula is C20H20N2. The first kappa shape index (κ1) is 14.3. The van der Waals surface area contributed by atoms with Crippen molar-refractivity contribution in [1.82, 2.24) is 9.97 Å². The zero-order valence-electron chi connectivity index (χ0n) is 13.0. The molecular weight excluding hydrogens is 268 g/mol. The lowest BCUT2D eigenvalue weighted by molar-refractivity contribution is 1.02. The molecule has 3 rings (SSSR count). The van der Waals surface area contributed by atoms with Gasteiger partial charge in [0.15, 0.2) is 0 Å². The molecule has 1 heterocycles. The van der Waals surface area contributed by atoms with Crippen LogP contribution in [0.25, 0.3) is 12.2 Å². The summed E-state index contributed by atoms with van der Waals surface area (Å²) in [6, 6.07) is 16.7. The minimum atomic E-state index is 0.832. The Morgan fingerprint density at radius 1 is 0.955 bits per heavy atom. The molecule has 0 saturated heterocycles. The van der Waals surface area contributed by atoms with Crippen LogP contribution in [-0.4, -0.2) is 9.97 Å². The van der Waals surface area contributed by atoms with E-state index in [-0.39, 0.29) is 0 Å². The Balaban J connectivity index is 1.74. The van der Waals surface area contributed by atoms with Crippen LogP contribution in [0, 0.1) is 13.8 Å². The van der Waals surface area contributed by atoms with Gasteiger partial charge in [-0.1, -0.05) is 54.6 Å². The fraction of sp³-hybridized carbons (Fsp3) is 0.150. The third-order valence-electron chi connectivity index (χ3n) is 3.95. The second kappa shape index (κ2) is 6.44. The van der Waals surface area contributed by atoms with Crippen molar-refractivity contribution in [1.29, 1.82) is 0 Å². The van der Waals surface area contributed by atoms with Crippen molar-refractivity contribution in [2.75, 3.05) is 0 Å². The number of imidazole rings is 1. The van der Waals surface area contributed by atoms with Crippen LogP contribution >= 0.6 is 0 Å². The number of H-pyrrole nitrogens is 1. The zero-order chi connectivity index (χ0) is 15.4. The maximum atomic E-state index is 4.63. The molecule has 0 unspecified atom stereocenters. The van der Waals surface area contributed by atoms with Crippen molar-refractivity contribution in [3.63, 3.8) is 0 Å². The molecule has 1 aromatic heterocycles. The fourth-order valence-electron chi connectivity index (χ4n) is 2.47. The quantitative estimate of drug-likeness (QED) is 0.735. The number of aryl methyl sites for hydroxylation is 1. The van der Waals surface area contributed by atoms with Gasteiger partial charge in [-0.25, -0.2) is 4.98 Å². The van der Waals surface area contributed by atoms with Crippen LogP contribution in [-0.2, 0) is 6.42 Å². The number of aromatic amines is 1. The standard InChI is InChI=1S/C20H20N2/c1-15-7-6-10-18(16(15)2)11-12-19-14-21-20(22-19)13-17-8-4-3-5-9-17/h3-12,14H,13H2,1-2H3,(H,21,22). The molecule has 2 nitrogen and oxygen atoms in total. The van der Waals surface area contributed by atoms with Gasteiger partial charge in [0.05, 0.1) is 5.69 Å². The van der Waals surface area contributed by atoms with Crippen LogP contribution < -0.4 is 0 Å². The van der Waals surface area contributed by atoms with Crippen LogP contribution in [0.4, 0.5) is 0 Å². The van der Waals surface area contributed by atoms with E-state index in [4.69, 9.17) is 0 Å². The van der Waals surface area contributed by atoms with Crippen LogP contribution in [0.1, 0.15) is 33.8 Å². The molecule has 0 atom stereocenters. The van der Waals surface area contributed by atoms with Crippen molar-refractivity contribution in [3.05, 3.63) is 88.5 Å². The molecule has 0 fully saturated rings. The van der Waals surface area contributed by atoms with Gasteiger partial charge >= 0.3 is 0 Å². The molecule has 2 heteroatoms. The van der Waals surface area contributed by atoms with Gasteiger partial charge in [0.25, 0.3) is 0 Å². The highest BCUT2D eigenvalue weighted by atomic mass is 14.9. The first-order valence-electron chi connectivity index (χ1n) is 7.55. The third-order valence-corrected chi connectivity index (χ3v) is 3.95. The highest BCUT2D eigenvalue weighted by molar-refractivity contribution is 5.70. The molecule has 0 aliphatic rings. The second-order valence-corrected chi connectivity index (χ2v) is 5.56. The average Bonchev–Trinajstić information content (AvgIpc) is 2.97. The van der Waals surface area contributed by atoms with Gasteiger partial charge in [0.1, 0.15) is 5.82 Å². The van der Waals surface area contributed by atoms with Gasteiger partial charge in [-0.2, -0.15) is 0 Å². The molecule has 110 valence electrons. The van der Waals surface area contributed by atoms with Crippen molar-refractivity contribution in [2.24, 2.45) is 0 Å². The summed E-state index contributed by atoms with van der Waals surface area (Å²) in [6.45, 7) is 4.29. The van der Waals surface area contributed by atoms with E-state index in [2.05, 4.69) is 78.4 Å². The summed E-state index contributed by atoms with van der Waals surface area (Å²) in [5.41, 5.74) is 6.11. The van der Waals surface area contributed by atoms with E-state index in [0.717, 1.165) is 17.9 Å². The van der Waals surface area contributed by atoms with Gasteiger partial charge in [0, 0.05) is 12.6 Å². The summed E-state index contributed by atoms with van der Waals surface area (Å²) in [7, 11) is 0. The van der Waals surface area contributed by atoms with Crippen LogP contribution in [0.15, 0.2) is 54.7 Å².